The van der Waals surface area contributed by atoms with Gasteiger partial charge < -0.3 is 5.32 Å². The Morgan fingerprint density at radius 2 is 2.00 bits per heavy atom. The average Bonchev–Trinajstić information content (AvgIpc) is 3.03. The van der Waals surface area contributed by atoms with Crippen LogP contribution in [0.3, 0.4) is 0 Å². The van der Waals surface area contributed by atoms with Crippen LogP contribution in [0.5, 0.6) is 0 Å². The molecule has 0 saturated heterocycles. The molecule has 0 aliphatic heterocycles. The van der Waals surface area contributed by atoms with Crippen molar-refractivity contribution in [2.75, 3.05) is 18.4 Å². The molecule has 1 fully saturated rings. The van der Waals surface area contributed by atoms with E-state index in [0.29, 0.717) is 23.0 Å². The Balaban J connectivity index is 2.14. The van der Waals surface area contributed by atoms with E-state index in [0.717, 1.165) is 12.5 Å². The van der Waals surface area contributed by atoms with Crippen LogP contribution in [-0.4, -0.2) is 21.5 Å². The van der Waals surface area contributed by atoms with Crippen LogP contribution in [0.15, 0.2) is 29.2 Å². The van der Waals surface area contributed by atoms with E-state index >= 15 is 0 Å². The van der Waals surface area contributed by atoms with E-state index in [2.05, 4.69) is 17.0 Å². The molecule has 2 unspecified atom stereocenters. The SMILES string of the molecule is CCNS(=O)(=O)c1ccccc1NCC1CC1C. The highest BCUT2D eigenvalue weighted by Gasteiger charge is 2.32. The summed E-state index contributed by atoms with van der Waals surface area (Å²) in [5, 5.41) is 3.25. The molecule has 2 N–H and O–H groups in total. The lowest BCUT2D eigenvalue weighted by molar-refractivity contribution is 0.584. The van der Waals surface area contributed by atoms with Crippen LogP contribution in [0.25, 0.3) is 0 Å². The maximum absolute atomic E-state index is 12.0. The Morgan fingerprint density at radius 1 is 1.33 bits per heavy atom. The molecule has 0 heterocycles. The molecule has 2 atom stereocenters. The molecule has 0 radical (unpaired) electrons. The fraction of sp³-hybridized carbons (Fsp3) is 0.538. The first-order valence-corrected chi connectivity index (χ1v) is 7.85. The van der Waals surface area contributed by atoms with Crippen molar-refractivity contribution in [3.63, 3.8) is 0 Å². The number of nitrogens with one attached hydrogen (secondary N) is 2. The first kappa shape index (κ1) is 13.4. The van der Waals surface area contributed by atoms with E-state index in [1.807, 2.05) is 12.1 Å². The van der Waals surface area contributed by atoms with Crippen LogP contribution < -0.4 is 10.0 Å². The van der Waals surface area contributed by atoms with Crippen LogP contribution in [0, 0.1) is 11.8 Å². The van der Waals surface area contributed by atoms with Crippen LogP contribution in [-0.2, 0) is 10.0 Å². The van der Waals surface area contributed by atoms with Gasteiger partial charge in [0.2, 0.25) is 10.0 Å². The summed E-state index contributed by atoms with van der Waals surface area (Å²) in [6, 6.07) is 7.05. The number of hydrogen-bond donors (Lipinski definition) is 2. The lowest BCUT2D eigenvalue weighted by Crippen LogP contribution is -2.24. The Hall–Kier alpha value is -1.07. The summed E-state index contributed by atoms with van der Waals surface area (Å²) in [6.45, 7) is 5.24. The molecule has 1 aliphatic rings. The second kappa shape index (κ2) is 5.28. The van der Waals surface area contributed by atoms with Gasteiger partial charge in [0.25, 0.3) is 0 Å². The molecule has 5 heteroatoms. The molecule has 1 saturated carbocycles. The van der Waals surface area contributed by atoms with Gasteiger partial charge in [0.1, 0.15) is 4.90 Å². The molecule has 1 aromatic rings. The maximum Gasteiger partial charge on any atom is 0.242 e. The molecule has 1 aromatic carbocycles. The number of para-hydroxylation sites is 1. The number of benzene rings is 1. The summed E-state index contributed by atoms with van der Waals surface area (Å²) in [6.07, 6.45) is 1.23. The molecule has 1 aliphatic carbocycles. The summed E-state index contributed by atoms with van der Waals surface area (Å²) < 4.78 is 26.6. The van der Waals surface area contributed by atoms with Crippen LogP contribution in [0.2, 0.25) is 0 Å². The van der Waals surface area contributed by atoms with Crippen molar-refractivity contribution in [1.82, 2.24) is 4.72 Å². The van der Waals surface area contributed by atoms with Crippen LogP contribution in [0.4, 0.5) is 5.69 Å². The molecule has 0 spiro atoms. The topological polar surface area (TPSA) is 58.2 Å². The predicted molar refractivity (Wildman–Crippen MR) is 73.1 cm³/mol. The van der Waals surface area contributed by atoms with Gasteiger partial charge in [0.05, 0.1) is 5.69 Å². The van der Waals surface area contributed by atoms with Gasteiger partial charge in [-0.2, -0.15) is 0 Å². The standard InChI is InChI=1S/C13H20N2O2S/c1-3-15-18(16,17)13-7-5-4-6-12(13)14-9-11-8-10(11)2/h4-7,10-11,14-15H,3,8-9H2,1-2H3. The van der Waals surface area contributed by atoms with Gasteiger partial charge in [-0.3, -0.25) is 0 Å². The van der Waals surface area contributed by atoms with Crippen molar-refractivity contribution >= 4 is 15.7 Å². The fourth-order valence-electron chi connectivity index (χ4n) is 2.04. The quantitative estimate of drug-likeness (QED) is 0.830. The van der Waals surface area contributed by atoms with E-state index in [9.17, 15) is 8.42 Å². The number of hydrogen-bond acceptors (Lipinski definition) is 3. The zero-order chi connectivity index (χ0) is 13.2. The smallest absolute Gasteiger partial charge is 0.242 e. The lowest BCUT2D eigenvalue weighted by atomic mass is 10.3. The third-order valence-electron chi connectivity index (χ3n) is 3.34. The van der Waals surface area contributed by atoms with Gasteiger partial charge in [0, 0.05) is 13.1 Å². The number of sulfonamides is 1. The minimum Gasteiger partial charge on any atom is -0.384 e. The van der Waals surface area contributed by atoms with Crippen LogP contribution in [0.1, 0.15) is 20.3 Å². The molecular weight excluding hydrogens is 248 g/mol. The summed E-state index contributed by atoms with van der Waals surface area (Å²) in [7, 11) is -3.39. The average molecular weight is 268 g/mol. The van der Waals surface area contributed by atoms with Gasteiger partial charge in [-0.25, -0.2) is 13.1 Å². The molecule has 18 heavy (non-hydrogen) atoms. The van der Waals surface area contributed by atoms with E-state index in [1.165, 1.54) is 6.42 Å². The van der Waals surface area contributed by atoms with Gasteiger partial charge in [0.15, 0.2) is 0 Å². The largest absolute Gasteiger partial charge is 0.384 e. The molecule has 0 aromatic heterocycles. The summed E-state index contributed by atoms with van der Waals surface area (Å²) in [4.78, 5) is 0.333. The monoisotopic (exact) mass is 268 g/mol. The highest BCUT2D eigenvalue weighted by molar-refractivity contribution is 7.89. The minimum absolute atomic E-state index is 0.333. The third-order valence-corrected chi connectivity index (χ3v) is 4.95. The van der Waals surface area contributed by atoms with Crippen molar-refractivity contribution in [3.8, 4) is 0 Å². The van der Waals surface area contributed by atoms with Crippen molar-refractivity contribution < 1.29 is 8.42 Å². The second-order valence-corrected chi connectivity index (χ2v) is 6.59. The van der Waals surface area contributed by atoms with Crippen molar-refractivity contribution in [2.24, 2.45) is 11.8 Å². The van der Waals surface area contributed by atoms with E-state index in [1.54, 1.807) is 19.1 Å². The molecule has 0 bridgehead atoms. The normalized spacial score (nSPS) is 22.8. The summed E-state index contributed by atoms with van der Waals surface area (Å²) in [5.74, 6) is 1.44. The van der Waals surface area contributed by atoms with Gasteiger partial charge in [-0.05, 0) is 30.4 Å². The van der Waals surface area contributed by atoms with Crippen molar-refractivity contribution in [1.29, 1.82) is 0 Å². The molecule has 0 amide bonds. The lowest BCUT2D eigenvalue weighted by Gasteiger charge is -2.12. The van der Waals surface area contributed by atoms with Crippen LogP contribution >= 0.6 is 0 Å². The first-order valence-electron chi connectivity index (χ1n) is 6.37. The predicted octanol–water partition coefficient (Wildman–Crippen LogP) is 2.05. The molecular formula is C13H20N2O2S. The van der Waals surface area contributed by atoms with E-state index < -0.39 is 10.0 Å². The molecule has 4 nitrogen and oxygen atoms in total. The Bertz CT molecular complexity index is 513. The maximum atomic E-state index is 12.0. The Morgan fingerprint density at radius 3 is 2.61 bits per heavy atom. The van der Waals surface area contributed by atoms with E-state index in [-0.39, 0.29) is 0 Å². The zero-order valence-corrected chi connectivity index (χ0v) is 11.6. The summed E-state index contributed by atoms with van der Waals surface area (Å²) >= 11 is 0. The van der Waals surface area contributed by atoms with Crippen molar-refractivity contribution in [3.05, 3.63) is 24.3 Å². The van der Waals surface area contributed by atoms with Gasteiger partial charge >= 0.3 is 0 Å². The third kappa shape index (κ3) is 3.03. The molecule has 2 rings (SSSR count). The van der Waals surface area contributed by atoms with E-state index in [4.69, 9.17) is 0 Å². The first-order chi connectivity index (χ1) is 8.54. The highest BCUT2D eigenvalue weighted by Crippen LogP contribution is 2.37. The molecule has 100 valence electrons. The van der Waals surface area contributed by atoms with Gasteiger partial charge in [-0.15, -0.1) is 0 Å². The number of rotatable bonds is 6. The highest BCUT2D eigenvalue weighted by atomic mass is 32.2. The Labute approximate surface area is 109 Å². The summed E-state index contributed by atoms with van der Waals surface area (Å²) in [5.41, 5.74) is 0.692. The fourth-order valence-corrected chi connectivity index (χ4v) is 3.26. The van der Waals surface area contributed by atoms with Gasteiger partial charge in [-0.1, -0.05) is 26.0 Å². The van der Waals surface area contributed by atoms with Crippen molar-refractivity contribution in [2.45, 2.75) is 25.2 Å². The number of anilines is 1. The minimum atomic E-state index is -3.39. The Kier molecular flexibility index (Phi) is 3.92. The second-order valence-electron chi connectivity index (χ2n) is 4.85. The zero-order valence-electron chi connectivity index (χ0n) is 10.8.